The SMILES string of the molecule is COc1ccccc1CC(=O)N1CCC(NC(=O)c2cnn(-c3ccc([N+](=O)[O-])cc3)c2)CC1. The largest absolute Gasteiger partial charge is 0.496 e. The molecule has 2 aromatic carbocycles. The predicted octanol–water partition coefficient (Wildman–Crippen LogP) is 2.75. The highest BCUT2D eigenvalue weighted by molar-refractivity contribution is 5.94. The number of amides is 2. The first-order valence-electron chi connectivity index (χ1n) is 10.9. The van der Waals surface area contributed by atoms with Crippen molar-refractivity contribution in [3.8, 4) is 11.4 Å². The number of nitrogens with one attached hydrogen (secondary N) is 1. The number of para-hydroxylation sites is 1. The molecule has 0 bridgehead atoms. The lowest BCUT2D eigenvalue weighted by atomic mass is 10.0. The van der Waals surface area contributed by atoms with E-state index in [1.807, 2.05) is 29.2 Å². The molecule has 0 aliphatic carbocycles. The second-order valence-corrected chi connectivity index (χ2v) is 8.06. The van der Waals surface area contributed by atoms with Gasteiger partial charge in [-0.1, -0.05) is 18.2 Å². The topological polar surface area (TPSA) is 120 Å². The van der Waals surface area contributed by atoms with Crippen molar-refractivity contribution in [1.29, 1.82) is 0 Å². The van der Waals surface area contributed by atoms with Crippen LogP contribution in [0.4, 0.5) is 5.69 Å². The second kappa shape index (κ2) is 10.2. The van der Waals surface area contributed by atoms with Gasteiger partial charge >= 0.3 is 0 Å². The van der Waals surface area contributed by atoms with Crippen LogP contribution >= 0.6 is 0 Å². The molecule has 4 rings (SSSR count). The number of aromatic nitrogens is 2. The fourth-order valence-corrected chi connectivity index (χ4v) is 3.97. The van der Waals surface area contributed by atoms with Crippen LogP contribution in [0, 0.1) is 10.1 Å². The lowest BCUT2D eigenvalue weighted by Gasteiger charge is -2.32. The van der Waals surface area contributed by atoms with Crippen LogP contribution in [0.2, 0.25) is 0 Å². The first-order valence-corrected chi connectivity index (χ1v) is 10.9. The van der Waals surface area contributed by atoms with E-state index in [1.165, 1.54) is 23.0 Å². The summed E-state index contributed by atoms with van der Waals surface area (Å²) in [7, 11) is 1.59. The van der Waals surface area contributed by atoms with Crippen LogP contribution in [0.15, 0.2) is 60.9 Å². The quantitative estimate of drug-likeness (QED) is 0.425. The normalized spacial score (nSPS) is 14.0. The number of hydrogen-bond acceptors (Lipinski definition) is 6. The zero-order valence-corrected chi connectivity index (χ0v) is 18.7. The van der Waals surface area contributed by atoms with E-state index in [-0.39, 0.29) is 30.0 Å². The zero-order chi connectivity index (χ0) is 24.1. The van der Waals surface area contributed by atoms with Gasteiger partial charge in [-0.3, -0.25) is 19.7 Å². The Balaban J connectivity index is 1.29. The molecule has 1 aromatic heterocycles. The summed E-state index contributed by atoms with van der Waals surface area (Å²) in [6, 6.07) is 13.4. The molecule has 1 N–H and O–H groups in total. The molecule has 1 aliphatic rings. The third-order valence-electron chi connectivity index (χ3n) is 5.89. The van der Waals surface area contributed by atoms with Crippen LogP contribution in [-0.4, -0.2) is 57.7 Å². The Morgan fingerprint density at radius 2 is 1.85 bits per heavy atom. The van der Waals surface area contributed by atoms with Gasteiger partial charge in [0.15, 0.2) is 0 Å². The van der Waals surface area contributed by atoms with Crippen LogP contribution in [0.5, 0.6) is 5.75 Å². The van der Waals surface area contributed by atoms with Gasteiger partial charge < -0.3 is 15.0 Å². The summed E-state index contributed by atoms with van der Waals surface area (Å²) in [6.45, 7) is 1.14. The van der Waals surface area contributed by atoms with Gasteiger partial charge in [0.1, 0.15) is 5.75 Å². The van der Waals surface area contributed by atoms with Crippen molar-refractivity contribution < 1.29 is 19.2 Å². The minimum atomic E-state index is -0.469. The molecule has 0 spiro atoms. The van der Waals surface area contributed by atoms with Gasteiger partial charge in [-0.05, 0) is 31.0 Å². The van der Waals surface area contributed by atoms with Gasteiger partial charge in [0.2, 0.25) is 5.91 Å². The third kappa shape index (κ3) is 5.22. The van der Waals surface area contributed by atoms with Gasteiger partial charge in [-0.25, -0.2) is 4.68 Å². The van der Waals surface area contributed by atoms with Crippen LogP contribution in [0.25, 0.3) is 5.69 Å². The molecular weight excluding hydrogens is 438 g/mol. The number of non-ortho nitro benzene ring substituents is 1. The minimum Gasteiger partial charge on any atom is -0.496 e. The summed E-state index contributed by atoms with van der Waals surface area (Å²) in [5.41, 5.74) is 1.86. The van der Waals surface area contributed by atoms with E-state index in [2.05, 4.69) is 10.4 Å². The molecule has 0 unspecified atom stereocenters. The average Bonchev–Trinajstić information content (AvgIpc) is 3.35. The summed E-state index contributed by atoms with van der Waals surface area (Å²) >= 11 is 0. The number of piperidine rings is 1. The maximum Gasteiger partial charge on any atom is 0.269 e. The highest BCUT2D eigenvalue weighted by Crippen LogP contribution is 2.20. The molecule has 1 aliphatic heterocycles. The average molecular weight is 463 g/mol. The summed E-state index contributed by atoms with van der Waals surface area (Å²) in [5.74, 6) is 0.498. The molecule has 0 radical (unpaired) electrons. The first-order chi connectivity index (χ1) is 16.4. The molecule has 3 aromatic rings. The smallest absolute Gasteiger partial charge is 0.269 e. The van der Waals surface area contributed by atoms with Gasteiger partial charge in [0.05, 0.1) is 35.9 Å². The number of nitro benzene ring substituents is 1. The molecule has 0 saturated carbocycles. The monoisotopic (exact) mass is 463 g/mol. The molecule has 2 heterocycles. The van der Waals surface area contributed by atoms with Crippen molar-refractivity contribution in [1.82, 2.24) is 20.0 Å². The maximum absolute atomic E-state index is 12.7. The highest BCUT2D eigenvalue weighted by atomic mass is 16.6. The number of likely N-dealkylation sites (tertiary alicyclic amines) is 1. The zero-order valence-electron chi connectivity index (χ0n) is 18.7. The van der Waals surface area contributed by atoms with E-state index >= 15 is 0 Å². The molecule has 176 valence electrons. The number of rotatable bonds is 7. The van der Waals surface area contributed by atoms with E-state index in [9.17, 15) is 19.7 Å². The Kier molecular flexibility index (Phi) is 6.86. The number of methoxy groups -OCH3 is 1. The fraction of sp³-hybridized carbons (Fsp3) is 0.292. The summed E-state index contributed by atoms with van der Waals surface area (Å²) < 4.78 is 6.83. The Morgan fingerprint density at radius 3 is 2.53 bits per heavy atom. The maximum atomic E-state index is 12.7. The molecule has 10 nitrogen and oxygen atoms in total. The summed E-state index contributed by atoms with van der Waals surface area (Å²) in [6.07, 6.45) is 4.66. The van der Waals surface area contributed by atoms with Crippen LogP contribution in [0.1, 0.15) is 28.8 Å². The predicted molar refractivity (Wildman–Crippen MR) is 124 cm³/mol. The third-order valence-corrected chi connectivity index (χ3v) is 5.89. The van der Waals surface area contributed by atoms with E-state index in [0.29, 0.717) is 42.9 Å². The highest BCUT2D eigenvalue weighted by Gasteiger charge is 2.25. The molecule has 2 amide bonds. The van der Waals surface area contributed by atoms with Crippen molar-refractivity contribution in [2.45, 2.75) is 25.3 Å². The fourth-order valence-electron chi connectivity index (χ4n) is 3.97. The van der Waals surface area contributed by atoms with E-state index in [0.717, 1.165) is 5.56 Å². The van der Waals surface area contributed by atoms with Gasteiger partial charge in [0, 0.05) is 43.0 Å². The van der Waals surface area contributed by atoms with Gasteiger partial charge in [0.25, 0.3) is 11.6 Å². The number of hydrogen-bond donors (Lipinski definition) is 1. The number of carbonyl (C=O) groups excluding carboxylic acids is 2. The van der Waals surface area contributed by atoms with E-state index in [4.69, 9.17) is 4.74 Å². The molecule has 1 saturated heterocycles. The van der Waals surface area contributed by atoms with Crippen molar-refractivity contribution >= 4 is 17.5 Å². The lowest BCUT2D eigenvalue weighted by Crippen LogP contribution is -2.46. The molecule has 10 heteroatoms. The van der Waals surface area contributed by atoms with E-state index in [1.54, 1.807) is 25.4 Å². The van der Waals surface area contributed by atoms with Gasteiger partial charge in [-0.2, -0.15) is 5.10 Å². The Hall–Kier alpha value is -4.21. The van der Waals surface area contributed by atoms with Crippen molar-refractivity contribution in [3.05, 3.63) is 82.2 Å². The van der Waals surface area contributed by atoms with Crippen molar-refractivity contribution in [2.24, 2.45) is 0 Å². The van der Waals surface area contributed by atoms with Crippen LogP contribution in [0.3, 0.4) is 0 Å². The minimum absolute atomic E-state index is 0.0124. The molecule has 0 atom stereocenters. The Bertz CT molecular complexity index is 1180. The van der Waals surface area contributed by atoms with Crippen LogP contribution < -0.4 is 10.1 Å². The number of benzene rings is 2. The second-order valence-electron chi connectivity index (χ2n) is 8.06. The molecular formula is C24H25N5O5. The van der Waals surface area contributed by atoms with Gasteiger partial charge in [-0.15, -0.1) is 0 Å². The molecule has 34 heavy (non-hydrogen) atoms. The van der Waals surface area contributed by atoms with Crippen LogP contribution in [-0.2, 0) is 11.2 Å². The number of ether oxygens (including phenoxy) is 1. The Morgan fingerprint density at radius 1 is 1.15 bits per heavy atom. The Labute approximate surface area is 196 Å². The number of nitrogens with zero attached hydrogens (tertiary/aromatic N) is 4. The van der Waals surface area contributed by atoms with Crippen molar-refractivity contribution in [3.63, 3.8) is 0 Å². The lowest BCUT2D eigenvalue weighted by molar-refractivity contribution is -0.384. The number of carbonyl (C=O) groups is 2. The number of nitro groups is 1. The van der Waals surface area contributed by atoms with E-state index < -0.39 is 4.92 Å². The van der Waals surface area contributed by atoms with Crippen molar-refractivity contribution in [2.75, 3.05) is 20.2 Å². The molecule has 1 fully saturated rings. The summed E-state index contributed by atoms with van der Waals surface area (Å²) in [4.78, 5) is 37.5. The first kappa shape index (κ1) is 23.0. The standard InChI is InChI=1S/C24H25N5O5/c1-34-22-5-3-2-4-17(22)14-23(30)27-12-10-19(11-13-27)26-24(31)18-15-25-28(16-18)20-6-8-21(9-7-20)29(32)33/h2-9,15-16,19H,10-14H2,1H3,(H,26,31). The summed E-state index contributed by atoms with van der Waals surface area (Å²) in [5, 5.41) is 18.0.